The highest BCUT2D eigenvalue weighted by Crippen LogP contribution is 2.27. The molecule has 23 heavy (non-hydrogen) atoms. The standard InChI is InChI=1S/C16H15N3O2S2/c1-23(20,21)19-14-8-6-12(7-9-14)11-22-16-15-5-3-2-4-13(15)10-17-18-16/h2-10,19H,11H2,1H3. The minimum Gasteiger partial charge on any atom is -0.284 e. The summed E-state index contributed by atoms with van der Waals surface area (Å²) in [6.45, 7) is 0. The fourth-order valence-corrected chi connectivity index (χ4v) is 3.65. The number of fused-ring (bicyclic) bond motifs is 1. The van der Waals surface area contributed by atoms with Gasteiger partial charge in [-0.05, 0) is 17.7 Å². The van der Waals surface area contributed by atoms with Gasteiger partial charge in [0.15, 0.2) is 0 Å². The number of sulfonamides is 1. The number of nitrogens with zero attached hydrogens (tertiary/aromatic N) is 2. The van der Waals surface area contributed by atoms with E-state index >= 15 is 0 Å². The number of aromatic nitrogens is 2. The maximum absolute atomic E-state index is 11.2. The summed E-state index contributed by atoms with van der Waals surface area (Å²) >= 11 is 1.61. The van der Waals surface area contributed by atoms with Crippen molar-refractivity contribution in [3.8, 4) is 0 Å². The number of rotatable bonds is 5. The van der Waals surface area contributed by atoms with Crippen molar-refractivity contribution in [1.29, 1.82) is 0 Å². The van der Waals surface area contributed by atoms with Gasteiger partial charge in [0.2, 0.25) is 10.0 Å². The lowest BCUT2D eigenvalue weighted by atomic mass is 10.2. The molecule has 0 spiro atoms. The third-order valence-electron chi connectivity index (χ3n) is 3.17. The summed E-state index contributed by atoms with van der Waals surface area (Å²) in [5.41, 5.74) is 1.65. The van der Waals surface area contributed by atoms with Crippen LogP contribution in [0.2, 0.25) is 0 Å². The molecule has 0 bridgehead atoms. The van der Waals surface area contributed by atoms with Crippen LogP contribution < -0.4 is 4.72 Å². The van der Waals surface area contributed by atoms with Gasteiger partial charge in [-0.3, -0.25) is 4.72 Å². The number of anilines is 1. The zero-order chi connectivity index (χ0) is 16.3. The monoisotopic (exact) mass is 345 g/mol. The average Bonchev–Trinajstić information content (AvgIpc) is 2.53. The summed E-state index contributed by atoms with van der Waals surface area (Å²) in [4.78, 5) is 0. The summed E-state index contributed by atoms with van der Waals surface area (Å²) in [7, 11) is -3.24. The highest BCUT2D eigenvalue weighted by Gasteiger charge is 2.05. The van der Waals surface area contributed by atoms with Crippen molar-refractivity contribution in [2.45, 2.75) is 10.8 Å². The molecule has 1 heterocycles. The van der Waals surface area contributed by atoms with Crippen LogP contribution in [-0.4, -0.2) is 24.9 Å². The van der Waals surface area contributed by atoms with Gasteiger partial charge < -0.3 is 0 Å². The van der Waals surface area contributed by atoms with Gasteiger partial charge in [-0.25, -0.2) is 8.42 Å². The Morgan fingerprint density at radius 1 is 1.09 bits per heavy atom. The Balaban J connectivity index is 1.73. The fourth-order valence-electron chi connectivity index (χ4n) is 2.14. The number of nitrogens with one attached hydrogen (secondary N) is 1. The molecule has 0 unspecified atom stereocenters. The molecule has 0 amide bonds. The zero-order valence-electron chi connectivity index (χ0n) is 12.4. The SMILES string of the molecule is CS(=O)(=O)Nc1ccc(CSc2nncc3ccccc23)cc1. The van der Waals surface area contributed by atoms with Gasteiger partial charge in [0.05, 0.1) is 12.5 Å². The number of benzene rings is 2. The maximum Gasteiger partial charge on any atom is 0.229 e. The molecule has 0 atom stereocenters. The summed E-state index contributed by atoms with van der Waals surface area (Å²) in [6.07, 6.45) is 2.89. The van der Waals surface area contributed by atoms with Crippen molar-refractivity contribution in [3.05, 3.63) is 60.3 Å². The summed E-state index contributed by atoms with van der Waals surface area (Å²) in [5, 5.41) is 11.3. The van der Waals surface area contributed by atoms with E-state index in [1.54, 1.807) is 30.1 Å². The van der Waals surface area contributed by atoms with Crippen LogP contribution in [0.5, 0.6) is 0 Å². The van der Waals surface area contributed by atoms with E-state index in [4.69, 9.17) is 0 Å². The van der Waals surface area contributed by atoms with Gasteiger partial charge in [0, 0.05) is 22.2 Å². The van der Waals surface area contributed by atoms with E-state index in [0.29, 0.717) is 5.69 Å². The first-order valence-corrected chi connectivity index (χ1v) is 9.79. The van der Waals surface area contributed by atoms with Crippen molar-refractivity contribution in [3.63, 3.8) is 0 Å². The Morgan fingerprint density at radius 3 is 2.57 bits per heavy atom. The molecule has 5 nitrogen and oxygen atoms in total. The van der Waals surface area contributed by atoms with Crippen molar-refractivity contribution in [1.82, 2.24) is 10.2 Å². The van der Waals surface area contributed by atoms with E-state index in [1.807, 2.05) is 36.4 Å². The normalized spacial score (nSPS) is 11.5. The highest BCUT2D eigenvalue weighted by molar-refractivity contribution is 7.98. The molecule has 2 aromatic carbocycles. The highest BCUT2D eigenvalue weighted by atomic mass is 32.2. The van der Waals surface area contributed by atoms with Crippen molar-refractivity contribution >= 4 is 38.2 Å². The molecular formula is C16H15N3O2S2. The molecule has 0 aliphatic rings. The molecule has 0 aliphatic heterocycles. The van der Waals surface area contributed by atoms with Crippen LogP contribution in [0.3, 0.4) is 0 Å². The third-order valence-corrected chi connectivity index (χ3v) is 4.83. The van der Waals surface area contributed by atoms with Crippen LogP contribution in [0.25, 0.3) is 10.8 Å². The number of thioether (sulfide) groups is 1. The molecule has 1 N–H and O–H groups in total. The second-order valence-corrected chi connectivity index (χ2v) is 7.81. The Hall–Kier alpha value is -2.12. The molecule has 1 aromatic heterocycles. The molecule has 0 fully saturated rings. The van der Waals surface area contributed by atoms with E-state index in [-0.39, 0.29) is 0 Å². The van der Waals surface area contributed by atoms with E-state index in [2.05, 4.69) is 14.9 Å². The maximum atomic E-state index is 11.2. The molecule has 118 valence electrons. The van der Waals surface area contributed by atoms with Crippen LogP contribution >= 0.6 is 11.8 Å². The average molecular weight is 345 g/mol. The molecule has 0 radical (unpaired) electrons. The predicted octanol–water partition coefficient (Wildman–Crippen LogP) is 3.29. The minimum absolute atomic E-state index is 0.561. The molecule has 3 aromatic rings. The Labute approximate surface area is 139 Å². The van der Waals surface area contributed by atoms with Crippen LogP contribution in [0.4, 0.5) is 5.69 Å². The summed E-state index contributed by atoms with van der Waals surface area (Å²) in [6, 6.07) is 15.3. The van der Waals surface area contributed by atoms with Gasteiger partial charge in [0.25, 0.3) is 0 Å². The lowest BCUT2D eigenvalue weighted by Crippen LogP contribution is -2.09. The van der Waals surface area contributed by atoms with Crippen molar-refractivity contribution in [2.24, 2.45) is 0 Å². The van der Waals surface area contributed by atoms with Crippen molar-refractivity contribution in [2.75, 3.05) is 11.0 Å². The van der Waals surface area contributed by atoms with Gasteiger partial charge in [0.1, 0.15) is 5.03 Å². The first-order valence-electron chi connectivity index (χ1n) is 6.91. The van der Waals surface area contributed by atoms with Crippen LogP contribution in [0.15, 0.2) is 59.8 Å². The van der Waals surface area contributed by atoms with Crippen LogP contribution in [0, 0.1) is 0 Å². The molecule has 0 aliphatic carbocycles. The smallest absolute Gasteiger partial charge is 0.229 e. The predicted molar refractivity (Wildman–Crippen MR) is 94.0 cm³/mol. The Bertz CT molecular complexity index is 920. The molecule has 0 saturated heterocycles. The lowest BCUT2D eigenvalue weighted by molar-refractivity contribution is 0.607. The molecule has 7 heteroatoms. The zero-order valence-corrected chi connectivity index (χ0v) is 14.1. The first-order chi connectivity index (χ1) is 11.0. The van der Waals surface area contributed by atoms with E-state index in [1.165, 1.54) is 0 Å². The summed E-state index contributed by atoms with van der Waals surface area (Å²) < 4.78 is 24.8. The van der Waals surface area contributed by atoms with E-state index < -0.39 is 10.0 Å². The van der Waals surface area contributed by atoms with E-state index in [0.717, 1.165) is 33.4 Å². The van der Waals surface area contributed by atoms with Crippen LogP contribution in [-0.2, 0) is 15.8 Å². The quantitative estimate of drug-likeness (QED) is 0.718. The lowest BCUT2D eigenvalue weighted by Gasteiger charge is -2.06. The number of hydrogen-bond donors (Lipinski definition) is 1. The van der Waals surface area contributed by atoms with Gasteiger partial charge in [-0.15, -0.1) is 5.10 Å². The molecule has 3 rings (SSSR count). The van der Waals surface area contributed by atoms with Crippen LogP contribution in [0.1, 0.15) is 5.56 Å². The Kier molecular flexibility index (Phi) is 4.49. The second-order valence-electron chi connectivity index (χ2n) is 5.10. The number of hydrogen-bond acceptors (Lipinski definition) is 5. The second kappa shape index (κ2) is 6.55. The van der Waals surface area contributed by atoms with Gasteiger partial charge >= 0.3 is 0 Å². The summed E-state index contributed by atoms with van der Waals surface area (Å²) in [5.74, 6) is 0.738. The van der Waals surface area contributed by atoms with Gasteiger partial charge in [-0.2, -0.15) is 5.10 Å². The fraction of sp³-hybridized carbons (Fsp3) is 0.125. The molecular weight excluding hydrogens is 330 g/mol. The Morgan fingerprint density at radius 2 is 1.83 bits per heavy atom. The minimum atomic E-state index is -3.24. The largest absolute Gasteiger partial charge is 0.284 e. The topological polar surface area (TPSA) is 72.0 Å². The molecule has 0 saturated carbocycles. The van der Waals surface area contributed by atoms with Crippen molar-refractivity contribution < 1.29 is 8.42 Å². The van der Waals surface area contributed by atoms with E-state index in [9.17, 15) is 8.42 Å². The third kappa shape index (κ3) is 4.20. The first kappa shape index (κ1) is 15.8. The van der Waals surface area contributed by atoms with Gasteiger partial charge in [-0.1, -0.05) is 48.2 Å².